The summed E-state index contributed by atoms with van der Waals surface area (Å²) in [6, 6.07) is 1.62. The van der Waals surface area contributed by atoms with Gasteiger partial charge in [-0.05, 0) is 22.0 Å². The van der Waals surface area contributed by atoms with Crippen LogP contribution in [0.2, 0.25) is 0 Å². The maximum absolute atomic E-state index is 10.8. The van der Waals surface area contributed by atoms with E-state index in [-0.39, 0.29) is 0 Å². The van der Waals surface area contributed by atoms with Gasteiger partial charge in [0, 0.05) is 6.54 Å². The molecular weight excluding hydrogens is 238 g/mol. The van der Waals surface area contributed by atoms with Crippen LogP contribution in [-0.4, -0.2) is 22.2 Å². The molecule has 1 N–H and O–H groups in total. The van der Waals surface area contributed by atoms with Crippen LogP contribution in [0, 0.1) is 0 Å². The minimum absolute atomic E-state index is 0.326. The molecule has 0 aliphatic carbocycles. The first-order valence-electron chi connectivity index (χ1n) is 3.89. The Bertz CT molecular complexity index is 359. The van der Waals surface area contributed by atoms with Gasteiger partial charge in [0.15, 0.2) is 0 Å². The molecule has 1 aliphatic heterocycles. The van der Waals surface area contributed by atoms with Crippen molar-refractivity contribution >= 4 is 21.9 Å². The van der Waals surface area contributed by atoms with Crippen LogP contribution in [0.5, 0.6) is 0 Å². The summed E-state index contributed by atoms with van der Waals surface area (Å²) in [7, 11) is 0. The van der Waals surface area contributed by atoms with Crippen LogP contribution in [-0.2, 0) is 17.9 Å². The van der Waals surface area contributed by atoms with E-state index in [1.807, 2.05) is 4.57 Å². The van der Waals surface area contributed by atoms with Gasteiger partial charge >= 0.3 is 5.97 Å². The molecule has 1 aliphatic rings. The normalized spacial score (nSPS) is 15.5. The van der Waals surface area contributed by atoms with Crippen LogP contribution in [0.4, 0.5) is 0 Å². The quantitative estimate of drug-likeness (QED) is 0.816. The standard InChI is InChI=1S/C8H8BrNO3/c9-7-3-5(8(11)12)6-4-13-2-1-10(6)7/h3H,1-2,4H2,(H,11,12). The van der Waals surface area contributed by atoms with Crippen molar-refractivity contribution in [3.05, 3.63) is 21.9 Å². The number of halogens is 1. The Morgan fingerprint density at radius 2 is 2.46 bits per heavy atom. The van der Waals surface area contributed by atoms with Crippen LogP contribution >= 0.6 is 15.9 Å². The number of carboxylic acid groups (broad SMARTS) is 1. The third-order valence-electron chi connectivity index (χ3n) is 2.09. The van der Waals surface area contributed by atoms with Crippen molar-refractivity contribution < 1.29 is 14.6 Å². The fourth-order valence-electron chi connectivity index (χ4n) is 1.46. The van der Waals surface area contributed by atoms with Crippen molar-refractivity contribution in [1.29, 1.82) is 0 Å². The number of rotatable bonds is 1. The lowest BCUT2D eigenvalue weighted by Crippen LogP contribution is -2.18. The number of carboxylic acids is 1. The maximum atomic E-state index is 10.8. The number of aromatic nitrogens is 1. The Morgan fingerprint density at radius 1 is 1.69 bits per heavy atom. The van der Waals surface area contributed by atoms with Crippen molar-refractivity contribution in [2.75, 3.05) is 6.61 Å². The number of carbonyl (C=O) groups is 1. The Labute approximate surface area is 83.2 Å². The summed E-state index contributed by atoms with van der Waals surface area (Å²) in [4.78, 5) is 10.8. The molecule has 13 heavy (non-hydrogen) atoms. The number of hydrogen-bond acceptors (Lipinski definition) is 2. The minimum Gasteiger partial charge on any atom is -0.478 e. The van der Waals surface area contributed by atoms with Crippen LogP contribution in [0.15, 0.2) is 10.7 Å². The summed E-state index contributed by atoms with van der Waals surface area (Å²) in [5.74, 6) is -0.903. The number of hydrogen-bond donors (Lipinski definition) is 1. The zero-order valence-corrected chi connectivity index (χ0v) is 8.37. The molecule has 0 unspecified atom stereocenters. The molecule has 2 heterocycles. The first-order valence-corrected chi connectivity index (χ1v) is 4.68. The molecule has 0 bridgehead atoms. The van der Waals surface area contributed by atoms with Gasteiger partial charge in [0.1, 0.15) is 0 Å². The summed E-state index contributed by atoms with van der Waals surface area (Å²) < 4.78 is 7.93. The minimum atomic E-state index is -0.903. The molecular formula is C8H8BrNO3. The van der Waals surface area contributed by atoms with Crippen molar-refractivity contribution in [2.24, 2.45) is 0 Å². The number of aromatic carboxylic acids is 1. The zero-order valence-electron chi connectivity index (χ0n) is 6.79. The molecule has 70 valence electrons. The molecule has 1 aromatic rings. The summed E-state index contributed by atoms with van der Waals surface area (Å²) in [6.07, 6.45) is 0. The first kappa shape index (κ1) is 8.77. The van der Waals surface area contributed by atoms with E-state index in [9.17, 15) is 4.79 Å². The molecule has 0 spiro atoms. The second-order valence-electron chi connectivity index (χ2n) is 2.84. The predicted molar refractivity (Wildman–Crippen MR) is 48.7 cm³/mol. The fraction of sp³-hybridized carbons (Fsp3) is 0.375. The highest BCUT2D eigenvalue weighted by Gasteiger charge is 2.20. The molecule has 0 aromatic carbocycles. The molecule has 1 aromatic heterocycles. The van der Waals surface area contributed by atoms with Crippen LogP contribution in [0.3, 0.4) is 0 Å². The Hall–Kier alpha value is -0.810. The van der Waals surface area contributed by atoms with Crippen molar-refractivity contribution in [1.82, 2.24) is 4.57 Å². The Morgan fingerprint density at radius 3 is 3.15 bits per heavy atom. The van der Waals surface area contributed by atoms with E-state index < -0.39 is 5.97 Å². The number of fused-ring (bicyclic) bond motifs is 1. The zero-order chi connectivity index (χ0) is 9.42. The number of nitrogens with zero attached hydrogens (tertiary/aromatic N) is 1. The molecule has 0 saturated carbocycles. The monoisotopic (exact) mass is 245 g/mol. The van der Waals surface area contributed by atoms with Gasteiger partial charge in [0.25, 0.3) is 0 Å². The fourth-order valence-corrected chi connectivity index (χ4v) is 2.08. The second-order valence-corrected chi connectivity index (χ2v) is 3.65. The average molecular weight is 246 g/mol. The van der Waals surface area contributed by atoms with Gasteiger partial charge in [-0.15, -0.1) is 0 Å². The molecule has 0 fully saturated rings. The van der Waals surface area contributed by atoms with Gasteiger partial charge in [-0.25, -0.2) is 4.79 Å². The molecule has 4 nitrogen and oxygen atoms in total. The van der Waals surface area contributed by atoms with E-state index in [0.717, 1.165) is 10.3 Å². The lowest BCUT2D eigenvalue weighted by Gasteiger charge is -2.17. The lowest BCUT2D eigenvalue weighted by molar-refractivity contribution is 0.0660. The van der Waals surface area contributed by atoms with Crippen LogP contribution in [0.1, 0.15) is 16.1 Å². The third-order valence-corrected chi connectivity index (χ3v) is 2.74. The van der Waals surface area contributed by atoms with E-state index in [0.29, 0.717) is 25.3 Å². The molecule has 0 amide bonds. The largest absolute Gasteiger partial charge is 0.478 e. The lowest BCUT2D eigenvalue weighted by atomic mass is 10.2. The highest BCUT2D eigenvalue weighted by molar-refractivity contribution is 9.10. The predicted octanol–water partition coefficient (Wildman–Crippen LogP) is 1.48. The highest BCUT2D eigenvalue weighted by atomic mass is 79.9. The molecule has 0 atom stereocenters. The van der Waals surface area contributed by atoms with E-state index in [2.05, 4.69) is 15.9 Å². The van der Waals surface area contributed by atoms with E-state index in [1.165, 1.54) is 0 Å². The van der Waals surface area contributed by atoms with E-state index in [4.69, 9.17) is 9.84 Å². The summed E-state index contributed by atoms with van der Waals surface area (Å²) in [6.45, 7) is 1.73. The number of ether oxygens (including phenoxy) is 1. The molecule has 2 rings (SSSR count). The van der Waals surface area contributed by atoms with Gasteiger partial charge in [0.2, 0.25) is 0 Å². The van der Waals surface area contributed by atoms with E-state index in [1.54, 1.807) is 6.07 Å². The SMILES string of the molecule is O=C(O)c1cc(Br)n2c1COCC2. The molecule has 0 radical (unpaired) electrons. The Balaban J connectivity index is 2.53. The van der Waals surface area contributed by atoms with Crippen LogP contribution in [0.25, 0.3) is 0 Å². The second kappa shape index (κ2) is 3.16. The van der Waals surface area contributed by atoms with Gasteiger partial charge < -0.3 is 14.4 Å². The maximum Gasteiger partial charge on any atom is 0.337 e. The first-order chi connectivity index (χ1) is 6.20. The smallest absolute Gasteiger partial charge is 0.337 e. The van der Waals surface area contributed by atoms with Crippen molar-refractivity contribution in [3.63, 3.8) is 0 Å². The summed E-state index contributed by atoms with van der Waals surface area (Å²) in [5, 5.41) is 8.86. The van der Waals surface area contributed by atoms with E-state index >= 15 is 0 Å². The molecule has 5 heteroatoms. The van der Waals surface area contributed by atoms with Crippen LogP contribution < -0.4 is 0 Å². The highest BCUT2D eigenvalue weighted by Crippen LogP contribution is 2.24. The topological polar surface area (TPSA) is 51.5 Å². The van der Waals surface area contributed by atoms with Gasteiger partial charge in [-0.1, -0.05) is 0 Å². The molecule has 0 saturated heterocycles. The van der Waals surface area contributed by atoms with Crippen molar-refractivity contribution in [3.8, 4) is 0 Å². The van der Waals surface area contributed by atoms with Gasteiger partial charge in [0.05, 0.1) is 29.1 Å². The van der Waals surface area contributed by atoms with Gasteiger partial charge in [-0.2, -0.15) is 0 Å². The Kier molecular flexibility index (Phi) is 2.13. The third kappa shape index (κ3) is 1.38. The summed E-state index contributed by atoms with van der Waals surface area (Å²) >= 11 is 3.32. The van der Waals surface area contributed by atoms with Gasteiger partial charge in [-0.3, -0.25) is 0 Å². The summed E-state index contributed by atoms with van der Waals surface area (Å²) in [5.41, 5.74) is 1.07. The average Bonchev–Trinajstić information content (AvgIpc) is 2.45. The van der Waals surface area contributed by atoms with Crippen molar-refractivity contribution in [2.45, 2.75) is 13.2 Å².